The van der Waals surface area contributed by atoms with E-state index < -0.39 is 4.92 Å². The Morgan fingerprint density at radius 3 is 2.39 bits per heavy atom. The molecule has 0 unspecified atom stereocenters. The molecule has 1 aliphatic rings. The lowest BCUT2D eigenvalue weighted by atomic mass is 10.2. The van der Waals surface area contributed by atoms with Crippen LogP contribution in [0.3, 0.4) is 0 Å². The van der Waals surface area contributed by atoms with Crippen LogP contribution in [0.25, 0.3) is 0 Å². The van der Waals surface area contributed by atoms with Crippen LogP contribution in [0.15, 0.2) is 41.0 Å². The van der Waals surface area contributed by atoms with Crippen LogP contribution >= 0.6 is 27.5 Å². The van der Waals surface area contributed by atoms with Crippen molar-refractivity contribution < 1.29 is 4.92 Å². The van der Waals surface area contributed by atoms with Gasteiger partial charge in [0.1, 0.15) is 5.82 Å². The number of nitrogens with zero attached hydrogens (tertiary/aromatic N) is 4. The van der Waals surface area contributed by atoms with E-state index >= 15 is 0 Å². The first kappa shape index (κ1) is 16.0. The summed E-state index contributed by atoms with van der Waals surface area (Å²) in [6, 6.07) is 8.57. The molecule has 0 aliphatic carbocycles. The zero-order chi connectivity index (χ0) is 16.4. The van der Waals surface area contributed by atoms with Crippen molar-refractivity contribution in [3.8, 4) is 0 Å². The molecule has 1 saturated heterocycles. The summed E-state index contributed by atoms with van der Waals surface area (Å²) < 4.78 is 0.956. The number of non-ortho nitro benzene ring substituents is 1. The second-order valence-electron chi connectivity index (χ2n) is 5.20. The first-order valence-corrected chi connectivity index (χ1v) is 8.27. The fourth-order valence-electron chi connectivity index (χ4n) is 2.60. The van der Waals surface area contributed by atoms with Crippen LogP contribution in [0.4, 0.5) is 17.2 Å². The molecule has 3 rings (SSSR count). The number of aromatic nitrogens is 1. The summed E-state index contributed by atoms with van der Waals surface area (Å²) in [5, 5.41) is 11.2. The predicted molar refractivity (Wildman–Crippen MR) is 94.5 cm³/mol. The molecule has 6 nitrogen and oxygen atoms in total. The van der Waals surface area contributed by atoms with E-state index in [0.29, 0.717) is 5.02 Å². The average molecular weight is 398 g/mol. The molecule has 23 heavy (non-hydrogen) atoms. The molecule has 2 heterocycles. The van der Waals surface area contributed by atoms with E-state index in [1.165, 1.54) is 12.1 Å². The Balaban J connectivity index is 1.69. The highest BCUT2D eigenvalue weighted by Gasteiger charge is 2.21. The van der Waals surface area contributed by atoms with Crippen LogP contribution in [-0.2, 0) is 0 Å². The smallest absolute Gasteiger partial charge is 0.271 e. The molecule has 1 aliphatic heterocycles. The van der Waals surface area contributed by atoms with Gasteiger partial charge in [-0.1, -0.05) is 11.6 Å². The summed E-state index contributed by atoms with van der Waals surface area (Å²) in [5.41, 5.74) is 0.845. The van der Waals surface area contributed by atoms with Crippen LogP contribution in [0.5, 0.6) is 0 Å². The van der Waals surface area contributed by atoms with E-state index in [2.05, 4.69) is 30.7 Å². The average Bonchev–Trinajstić information content (AvgIpc) is 2.56. The number of halogens is 2. The van der Waals surface area contributed by atoms with Crippen molar-refractivity contribution in [1.82, 2.24) is 4.98 Å². The molecular formula is C15H14BrClN4O2. The van der Waals surface area contributed by atoms with E-state index in [4.69, 9.17) is 11.6 Å². The molecule has 8 heteroatoms. The quantitative estimate of drug-likeness (QED) is 0.583. The largest absolute Gasteiger partial charge is 0.367 e. The fourth-order valence-corrected chi connectivity index (χ4v) is 3.13. The van der Waals surface area contributed by atoms with Gasteiger partial charge in [-0.25, -0.2) is 4.98 Å². The van der Waals surface area contributed by atoms with Gasteiger partial charge in [0.15, 0.2) is 0 Å². The molecule has 0 N–H and O–H groups in total. The maximum atomic E-state index is 10.8. The van der Waals surface area contributed by atoms with Gasteiger partial charge >= 0.3 is 0 Å². The lowest BCUT2D eigenvalue weighted by Crippen LogP contribution is -2.46. The van der Waals surface area contributed by atoms with E-state index in [-0.39, 0.29) is 5.69 Å². The molecule has 120 valence electrons. The third-order valence-electron chi connectivity index (χ3n) is 3.80. The number of hydrogen-bond donors (Lipinski definition) is 0. The molecule has 0 spiro atoms. The Morgan fingerprint density at radius 1 is 1.13 bits per heavy atom. The second-order valence-corrected chi connectivity index (χ2v) is 6.52. The molecule has 1 fully saturated rings. The molecule has 0 atom stereocenters. The number of piperazine rings is 1. The molecule has 0 saturated carbocycles. The summed E-state index contributed by atoms with van der Waals surface area (Å²) in [6.07, 6.45) is 1.79. The Bertz CT molecular complexity index is 718. The Kier molecular flexibility index (Phi) is 4.68. The highest BCUT2D eigenvalue weighted by molar-refractivity contribution is 9.10. The summed E-state index contributed by atoms with van der Waals surface area (Å²) in [7, 11) is 0. The lowest BCUT2D eigenvalue weighted by molar-refractivity contribution is -0.384. The van der Waals surface area contributed by atoms with Crippen LogP contribution < -0.4 is 9.80 Å². The normalized spacial score (nSPS) is 14.9. The zero-order valence-electron chi connectivity index (χ0n) is 12.2. The highest BCUT2D eigenvalue weighted by Crippen LogP contribution is 2.30. The van der Waals surface area contributed by atoms with Crippen LogP contribution in [0, 0.1) is 10.1 Å². The van der Waals surface area contributed by atoms with Gasteiger partial charge in [0.25, 0.3) is 5.69 Å². The maximum Gasteiger partial charge on any atom is 0.271 e. The fraction of sp³-hybridized carbons (Fsp3) is 0.267. The number of nitro benzene ring substituents is 1. The third-order valence-corrected chi connectivity index (χ3v) is 4.57. The van der Waals surface area contributed by atoms with Gasteiger partial charge in [0, 0.05) is 49.0 Å². The second kappa shape index (κ2) is 6.72. The number of benzene rings is 1. The highest BCUT2D eigenvalue weighted by atomic mass is 79.9. The van der Waals surface area contributed by atoms with Gasteiger partial charge in [-0.05, 0) is 34.1 Å². The molecule has 2 aromatic rings. The van der Waals surface area contributed by atoms with E-state index in [0.717, 1.165) is 42.2 Å². The number of anilines is 2. The van der Waals surface area contributed by atoms with Crippen molar-refractivity contribution in [3.05, 3.63) is 56.1 Å². The molecule has 0 radical (unpaired) electrons. The van der Waals surface area contributed by atoms with Crippen molar-refractivity contribution in [2.24, 2.45) is 0 Å². The lowest BCUT2D eigenvalue weighted by Gasteiger charge is -2.37. The molecule has 1 aromatic carbocycles. The van der Waals surface area contributed by atoms with Crippen molar-refractivity contribution in [2.45, 2.75) is 0 Å². The Hall–Kier alpha value is -1.86. The van der Waals surface area contributed by atoms with Crippen molar-refractivity contribution in [3.63, 3.8) is 0 Å². The number of pyridine rings is 1. The summed E-state index contributed by atoms with van der Waals surface area (Å²) in [6.45, 7) is 3.22. The van der Waals surface area contributed by atoms with Crippen LogP contribution in [-0.4, -0.2) is 36.1 Å². The SMILES string of the molecule is O=[N+]([O-])c1ccc(N2CCN(c3ccc(Br)cn3)CC2)c(Cl)c1. The van der Waals surface area contributed by atoms with Gasteiger partial charge in [-0.3, -0.25) is 10.1 Å². The van der Waals surface area contributed by atoms with Crippen LogP contribution in [0.1, 0.15) is 0 Å². The van der Waals surface area contributed by atoms with Gasteiger partial charge in [0.2, 0.25) is 0 Å². The van der Waals surface area contributed by atoms with Crippen LogP contribution in [0.2, 0.25) is 5.02 Å². The molecule has 1 aromatic heterocycles. The van der Waals surface area contributed by atoms with Crippen molar-refractivity contribution >= 4 is 44.7 Å². The molecule has 0 amide bonds. The molecular weight excluding hydrogens is 384 g/mol. The van der Waals surface area contributed by atoms with Gasteiger partial charge in [-0.2, -0.15) is 0 Å². The van der Waals surface area contributed by atoms with Gasteiger partial charge in [-0.15, -0.1) is 0 Å². The van der Waals surface area contributed by atoms with Gasteiger partial charge in [0.05, 0.1) is 15.6 Å². The first-order chi connectivity index (χ1) is 11.0. The monoisotopic (exact) mass is 396 g/mol. The van der Waals surface area contributed by atoms with E-state index in [1.807, 2.05) is 12.1 Å². The maximum absolute atomic E-state index is 10.8. The van der Waals surface area contributed by atoms with E-state index in [1.54, 1.807) is 12.3 Å². The standard InChI is InChI=1S/C15H14BrClN4O2/c16-11-1-4-15(18-10-11)20-7-5-19(6-8-20)14-3-2-12(21(22)23)9-13(14)17/h1-4,9-10H,5-8H2. The number of hydrogen-bond acceptors (Lipinski definition) is 5. The summed E-state index contributed by atoms with van der Waals surface area (Å²) in [4.78, 5) is 19.1. The third kappa shape index (κ3) is 3.56. The first-order valence-electron chi connectivity index (χ1n) is 7.10. The summed E-state index contributed by atoms with van der Waals surface area (Å²) >= 11 is 9.58. The Morgan fingerprint density at radius 2 is 1.83 bits per heavy atom. The van der Waals surface area contributed by atoms with E-state index in [9.17, 15) is 10.1 Å². The number of nitro groups is 1. The minimum absolute atomic E-state index is 0.0106. The Labute approximate surface area is 147 Å². The molecule has 0 bridgehead atoms. The van der Waals surface area contributed by atoms with Crippen molar-refractivity contribution in [2.75, 3.05) is 36.0 Å². The number of rotatable bonds is 3. The van der Waals surface area contributed by atoms with Crippen molar-refractivity contribution in [1.29, 1.82) is 0 Å². The van der Waals surface area contributed by atoms with Gasteiger partial charge < -0.3 is 9.80 Å². The summed E-state index contributed by atoms with van der Waals surface area (Å²) in [5.74, 6) is 0.947. The topological polar surface area (TPSA) is 62.5 Å². The predicted octanol–water partition coefficient (Wildman–Crippen LogP) is 3.73. The minimum Gasteiger partial charge on any atom is -0.367 e. The zero-order valence-corrected chi connectivity index (χ0v) is 14.5. The minimum atomic E-state index is -0.438.